The first-order chi connectivity index (χ1) is 10.6. The fourth-order valence-corrected chi connectivity index (χ4v) is 3.21. The number of hydrogen-bond donors (Lipinski definition) is 0. The Hall–Kier alpha value is -1.80. The van der Waals surface area contributed by atoms with Crippen molar-refractivity contribution in [3.05, 3.63) is 23.8 Å². The second-order valence-electron chi connectivity index (χ2n) is 5.83. The van der Waals surface area contributed by atoms with Crippen molar-refractivity contribution in [3.63, 3.8) is 0 Å². The summed E-state index contributed by atoms with van der Waals surface area (Å²) in [5, 5.41) is 16.6. The van der Waals surface area contributed by atoms with E-state index >= 15 is 0 Å². The Balaban J connectivity index is 1.86. The van der Waals surface area contributed by atoms with E-state index in [4.69, 9.17) is 9.47 Å². The van der Waals surface area contributed by atoms with Crippen molar-refractivity contribution in [2.45, 2.75) is 51.0 Å². The lowest BCUT2D eigenvalue weighted by atomic mass is 9.86. The van der Waals surface area contributed by atoms with Gasteiger partial charge >= 0.3 is 0 Å². The van der Waals surface area contributed by atoms with Crippen LogP contribution in [0, 0.1) is 13.8 Å². The molecule has 120 valence electrons. The number of ether oxygens (including phenoxy) is 2. The first-order valence-corrected chi connectivity index (χ1v) is 7.44. The third-order valence-electron chi connectivity index (χ3n) is 4.34. The Morgan fingerprint density at radius 2 is 1.27 bits per heavy atom. The van der Waals surface area contributed by atoms with Crippen LogP contribution < -0.4 is 0 Å². The molecule has 1 fully saturated rings. The molecule has 2 aromatic heterocycles. The third-order valence-corrected chi connectivity index (χ3v) is 4.34. The molecule has 1 aliphatic rings. The molecule has 0 radical (unpaired) electrons. The van der Waals surface area contributed by atoms with Crippen LogP contribution in [-0.2, 0) is 9.47 Å². The smallest absolute Gasteiger partial charge is 0.0824 e. The summed E-state index contributed by atoms with van der Waals surface area (Å²) in [5.74, 6) is 0. The average Bonchev–Trinajstić information content (AvgIpc) is 3.14. The molecule has 0 bridgehead atoms. The lowest BCUT2D eigenvalue weighted by Crippen LogP contribution is -2.43. The number of hydrogen-bond acceptors (Lipinski definition) is 6. The van der Waals surface area contributed by atoms with Crippen molar-refractivity contribution in [1.82, 2.24) is 30.0 Å². The van der Waals surface area contributed by atoms with E-state index in [1.54, 1.807) is 14.2 Å². The van der Waals surface area contributed by atoms with Crippen molar-refractivity contribution in [2.75, 3.05) is 14.2 Å². The van der Waals surface area contributed by atoms with Crippen LogP contribution in [0.1, 0.15) is 36.3 Å². The summed E-state index contributed by atoms with van der Waals surface area (Å²) in [5.41, 5.74) is 1.80. The summed E-state index contributed by atoms with van der Waals surface area (Å²) < 4.78 is 15.2. The lowest BCUT2D eigenvalue weighted by molar-refractivity contribution is -0.0639. The number of methoxy groups -OCH3 is 2. The Morgan fingerprint density at radius 3 is 1.55 bits per heavy atom. The molecule has 4 unspecified atom stereocenters. The molecule has 8 heteroatoms. The Labute approximate surface area is 129 Å². The molecule has 0 N–H and O–H groups in total. The van der Waals surface area contributed by atoms with Gasteiger partial charge in [0.25, 0.3) is 0 Å². The number of nitrogens with zero attached hydrogens (tertiary/aromatic N) is 6. The number of rotatable bonds is 4. The van der Waals surface area contributed by atoms with E-state index in [1.165, 1.54) is 0 Å². The molecule has 1 saturated carbocycles. The molecule has 0 amide bonds. The summed E-state index contributed by atoms with van der Waals surface area (Å²) in [6.45, 7) is 3.87. The van der Waals surface area contributed by atoms with Crippen LogP contribution in [0.3, 0.4) is 0 Å². The van der Waals surface area contributed by atoms with E-state index in [0.717, 1.165) is 24.2 Å². The van der Waals surface area contributed by atoms with Crippen LogP contribution in [0.5, 0.6) is 0 Å². The van der Waals surface area contributed by atoms with Gasteiger partial charge < -0.3 is 9.47 Å². The first kappa shape index (κ1) is 15.1. The van der Waals surface area contributed by atoms with Crippen LogP contribution in [0.15, 0.2) is 12.4 Å². The maximum Gasteiger partial charge on any atom is 0.0824 e. The van der Waals surface area contributed by atoms with Gasteiger partial charge in [-0.15, -0.1) is 10.2 Å². The van der Waals surface area contributed by atoms with Crippen molar-refractivity contribution in [1.29, 1.82) is 0 Å². The average molecular weight is 306 g/mol. The summed E-state index contributed by atoms with van der Waals surface area (Å²) >= 11 is 0. The summed E-state index contributed by atoms with van der Waals surface area (Å²) in [6, 6.07) is 0.217. The van der Waals surface area contributed by atoms with E-state index in [1.807, 2.05) is 35.6 Å². The molecule has 1 aliphatic carbocycles. The highest BCUT2D eigenvalue weighted by atomic mass is 16.5. The van der Waals surface area contributed by atoms with Crippen molar-refractivity contribution in [3.8, 4) is 0 Å². The highest BCUT2D eigenvalue weighted by molar-refractivity contribution is 4.98. The molecule has 0 saturated heterocycles. The Morgan fingerprint density at radius 1 is 0.864 bits per heavy atom. The monoisotopic (exact) mass is 306 g/mol. The third kappa shape index (κ3) is 2.76. The zero-order chi connectivity index (χ0) is 15.7. The Kier molecular flexibility index (Phi) is 4.21. The van der Waals surface area contributed by atoms with Gasteiger partial charge in [0.2, 0.25) is 0 Å². The topological polar surface area (TPSA) is 79.9 Å². The Bertz CT molecular complexity index is 570. The number of aryl methyl sites for hydroxylation is 2. The van der Waals surface area contributed by atoms with Gasteiger partial charge in [0.05, 0.1) is 35.7 Å². The van der Waals surface area contributed by atoms with Gasteiger partial charge in [-0.1, -0.05) is 10.4 Å². The molecule has 0 aliphatic heterocycles. The van der Waals surface area contributed by atoms with Gasteiger partial charge in [-0.3, -0.25) is 0 Å². The minimum Gasteiger partial charge on any atom is -0.379 e. The van der Waals surface area contributed by atoms with Gasteiger partial charge in [-0.05, 0) is 13.8 Å². The van der Waals surface area contributed by atoms with Crippen LogP contribution in [0.4, 0.5) is 0 Å². The maximum absolute atomic E-state index is 5.71. The van der Waals surface area contributed by atoms with Crippen LogP contribution >= 0.6 is 0 Å². The second-order valence-corrected chi connectivity index (χ2v) is 5.83. The zero-order valence-electron chi connectivity index (χ0n) is 13.4. The van der Waals surface area contributed by atoms with E-state index < -0.39 is 0 Å². The molecular formula is C14H22N6O2. The van der Waals surface area contributed by atoms with Gasteiger partial charge in [0, 0.05) is 39.5 Å². The highest BCUT2D eigenvalue weighted by Gasteiger charge is 2.40. The van der Waals surface area contributed by atoms with Gasteiger partial charge in [-0.25, -0.2) is 9.36 Å². The number of aromatic nitrogens is 6. The summed E-state index contributed by atoms with van der Waals surface area (Å²) in [4.78, 5) is 0. The summed E-state index contributed by atoms with van der Waals surface area (Å²) in [7, 11) is 3.47. The molecule has 2 heterocycles. The van der Waals surface area contributed by atoms with Crippen LogP contribution in [0.2, 0.25) is 0 Å². The SMILES string of the molecule is COC1CC(n2cc(C)nn2)C(OC)CC1n1cc(C)nn1. The lowest BCUT2D eigenvalue weighted by Gasteiger charge is -2.39. The van der Waals surface area contributed by atoms with E-state index in [9.17, 15) is 0 Å². The minimum atomic E-state index is 0.0296. The van der Waals surface area contributed by atoms with E-state index in [2.05, 4.69) is 20.6 Å². The maximum atomic E-state index is 5.71. The predicted octanol–water partition coefficient (Wildman–Crippen LogP) is 1.09. The van der Waals surface area contributed by atoms with Gasteiger partial charge in [0.15, 0.2) is 0 Å². The molecular weight excluding hydrogens is 284 g/mol. The van der Waals surface area contributed by atoms with Gasteiger partial charge in [-0.2, -0.15) is 0 Å². The van der Waals surface area contributed by atoms with E-state index in [-0.39, 0.29) is 24.3 Å². The standard InChI is InChI=1S/C14H22N6O2/c1-9-7-19(17-15-9)11-5-14(22-4)12(6-13(11)21-3)20-8-10(2)16-18-20/h7-8,11-14H,5-6H2,1-4H3. The highest BCUT2D eigenvalue weighted by Crippen LogP contribution is 2.37. The molecule has 4 atom stereocenters. The van der Waals surface area contributed by atoms with Crippen molar-refractivity contribution < 1.29 is 9.47 Å². The molecule has 3 rings (SSSR count). The van der Waals surface area contributed by atoms with Gasteiger partial charge in [0.1, 0.15) is 0 Å². The zero-order valence-corrected chi connectivity index (χ0v) is 13.4. The predicted molar refractivity (Wildman–Crippen MR) is 78.4 cm³/mol. The quantitative estimate of drug-likeness (QED) is 0.841. The van der Waals surface area contributed by atoms with Crippen LogP contribution in [0.25, 0.3) is 0 Å². The van der Waals surface area contributed by atoms with E-state index in [0.29, 0.717) is 0 Å². The fourth-order valence-electron chi connectivity index (χ4n) is 3.21. The van der Waals surface area contributed by atoms with Crippen molar-refractivity contribution in [2.24, 2.45) is 0 Å². The minimum absolute atomic E-state index is 0.0296. The largest absolute Gasteiger partial charge is 0.379 e. The molecule has 22 heavy (non-hydrogen) atoms. The summed E-state index contributed by atoms with van der Waals surface area (Å²) in [6.07, 6.45) is 5.54. The first-order valence-electron chi connectivity index (χ1n) is 7.44. The normalized spacial score (nSPS) is 28.9. The molecule has 8 nitrogen and oxygen atoms in total. The van der Waals surface area contributed by atoms with Crippen LogP contribution in [-0.4, -0.2) is 56.4 Å². The van der Waals surface area contributed by atoms with Crippen molar-refractivity contribution >= 4 is 0 Å². The fraction of sp³-hybridized carbons (Fsp3) is 0.714. The molecule has 2 aromatic rings. The molecule has 0 spiro atoms. The second kappa shape index (κ2) is 6.13. The molecule has 0 aromatic carbocycles.